The number of para-hydroxylation sites is 1. The SMILES string of the molecule is O=C(c1cc(Cl)ccc1F)c1c[nH]c2ccccc12. The molecule has 1 aromatic heterocycles. The van der Waals surface area contributed by atoms with Crippen molar-refractivity contribution in [1.82, 2.24) is 4.98 Å². The number of hydrogen-bond donors (Lipinski definition) is 1. The number of carbonyl (C=O) groups is 1. The number of ketones is 1. The molecule has 0 saturated carbocycles. The first-order chi connectivity index (χ1) is 9.16. The molecule has 0 spiro atoms. The molecule has 19 heavy (non-hydrogen) atoms. The number of aromatic amines is 1. The van der Waals surface area contributed by atoms with Gasteiger partial charge < -0.3 is 4.98 Å². The van der Waals surface area contributed by atoms with E-state index in [-0.39, 0.29) is 11.3 Å². The number of carbonyl (C=O) groups excluding carboxylic acids is 1. The molecule has 0 saturated heterocycles. The average Bonchev–Trinajstić information content (AvgIpc) is 2.84. The number of hydrogen-bond acceptors (Lipinski definition) is 1. The maximum atomic E-state index is 13.7. The van der Waals surface area contributed by atoms with Crippen LogP contribution in [0, 0.1) is 5.82 Å². The van der Waals surface area contributed by atoms with Gasteiger partial charge in [0.1, 0.15) is 5.82 Å². The van der Waals surface area contributed by atoms with E-state index in [4.69, 9.17) is 11.6 Å². The summed E-state index contributed by atoms with van der Waals surface area (Å²) in [5, 5.41) is 1.11. The first-order valence-electron chi connectivity index (χ1n) is 5.72. The van der Waals surface area contributed by atoms with Gasteiger partial charge in [-0.1, -0.05) is 29.8 Å². The number of rotatable bonds is 2. The van der Waals surface area contributed by atoms with Gasteiger partial charge in [0.05, 0.1) is 5.56 Å². The number of nitrogens with one attached hydrogen (secondary N) is 1. The van der Waals surface area contributed by atoms with Crippen molar-refractivity contribution in [2.24, 2.45) is 0 Å². The van der Waals surface area contributed by atoms with E-state index in [2.05, 4.69) is 4.98 Å². The Bertz CT molecular complexity index is 779. The lowest BCUT2D eigenvalue weighted by Crippen LogP contribution is -2.03. The molecular formula is C15H9ClFNO. The van der Waals surface area contributed by atoms with E-state index in [0.717, 1.165) is 10.9 Å². The number of H-pyrrole nitrogens is 1. The Balaban J connectivity index is 2.16. The summed E-state index contributed by atoms with van der Waals surface area (Å²) in [6.07, 6.45) is 1.59. The molecule has 0 aliphatic carbocycles. The smallest absolute Gasteiger partial charge is 0.198 e. The molecule has 0 radical (unpaired) electrons. The lowest BCUT2D eigenvalue weighted by atomic mass is 10.0. The highest BCUT2D eigenvalue weighted by molar-refractivity contribution is 6.31. The van der Waals surface area contributed by atoms with Crippen LogP contribution in [0.15, 0.2) is 48.7 Å². The molecule has 2 nitrogen and oxygen atoms in total. The minimum atomic E-state index is -0.570. The molecule has 2 aromatic carbocycles. The first-order valence-corrected chi connectivity index (χ1v) is 6.10. The number of aromatic nitrogens is 1. The van der Waals surface area contributed by atoms with Crippen LogP contribution in [0.3, 0.4) is 0 Å². The minimum Gasteiger partial charge on any atom is -0.360 e. The second-order valence-electron chi connectivity index (χ2n) is 4.20. The van der Waals surface area contributed by atoms with Crippen molar-refractivity contribution in [2.45, 2.75) is 0 Å². The molecule has 0 aliphatic heterocycles. The Morgan fingerprint density at radius 2 is 1.89 bits per heavy atom. The van der Waals surface area contributed by atoms with Crippen molar-refractivity contribution in [3.05, 3.63) is 70.6 Å². The molecular weight excluding hydrogens is 265 g/mol. The van der Waals surface area contributed by atoms with Crippen LogP contribution in [-0.2, 0) is 0 Å². The fourth-order valence-electron chi connectivity index (χ4n) is 2.08. The van der Waals surface area contributed by atoms with Crippen molar-refractivity contribution < 1.29 is 9.18 Å². The lowest BCUT2D eigenvalue weighted by molar-refractivity contribution is 0.103. The van der Waals surface area contributed by atoms with Gasteiger partial charge in [-0.25, -0.2) is 4.39 Å². The maximum absolute atomic E-state index is 13.7. The molecule has 0 fully saturated rings. The van der Waals surface area contributed by atoms with E-state index in [1.807, 2.05) is 24.3 Å². The highest BCUT2D eigenvalue weighted by Crippen LogP contribution is 2.23. The topological polar surface area (TPSA) is 32.9 Å². The zero-order chi connectivity index (χ0) is 13.4. The fraction of sp³-hybridized carbons (Fsp3) is 0. The van der Waals surface area contributed by atoms with Gasteiger partial charge in [-0.2, -0.15) is 0 Å². The summed E-state index contributed by atoms with van der Waals surface area (Å²) in [6, 6.07) is 11.4. The highest BCUT2D eigenvalue weighted by Gasteiger charge is 2.17. The summed E-state index contributed by atoms with van der Waals surface area (Å²) in [4.78, 5) is 15.4. The van der Waals surface area contributed by atoms with Crippen LogP contribution >= 0.6 is 11.6 Å². The predicted molar refractivity (Wildman–Crippen MR) is 73.1 cm³/mol. The largest absolute Gasteiger partial charge is 0.360 e. The third-order valence-electron chi connectivity index (χ3n) is 3.01. The molecule has 0 atom stereocenters. The minimum absolute atomic E-state index is 0.0164. The van der Waals surface area contributed by atoms with Gasteiger partial charge in [-0.05, 0) is 24.3 Å². The van der Waals surface area contributed by atoms with Crippen molar-refractivity contribution in [2.75, 3.05) is 0 Å². The zero-order valence-corrected chi connectivity index (χ0v) is 10.5. The zero-order valence-electron chi connectivity index (χ0n) is 9.78. The fourth-order valence-corrected chi connectivity index (χ4v) is 2.25. The molecule has 94 valence electrons. The molecule has 3 aromatic rings. The van der Waals surface area contributed by atoms with Gasteiger partial charge in [-0.3, -0.25) is 4.79 Å². The predicted octanol–water partition coefficient (Wildman–Crippen LogP) is 4.19. The van der Waals surface area contributed by atoms with Gasteiger partial charge in [-0.15, -0.1) is 0 Å². The Kier molecular flexibility index (Phi) is 2.84. The summed E-state index contributed by atoms with van der Waals surface area (Å²) < 4.78 is 13.7. The summed E-state index contributed by atoms with van der Waals surface area (Å²) in [6.45, 7) is 0. The van der Waals surface area contributed by atoms with Crippen LogP contribution < -0.4 is 0 Å². The Hall–Kier alpha value is -2.13. The van der Waals surface area contributed by atoms with Crippen LogP contribution in [0.1, 0.15) is 15.9 Å². The average molecular weight is 274 g/mol. The van der Waals surface area contributed by atoms with E-state index in [1.165, 1.54) is 18.2 Å². The second kappa shape index (κ2) is 4.52. The highest BCUT2D eigenvalue weighted by atomic mass is 35.5. The van der Waals surface area contributed by atoms with Crippen LogP contribution in [0.2, 0.25) is 5.02 Å². The van der Waals surface area contributed by atoms with E-state index in [1.54, 1.807) is 6.20 Å². The number of halogens is 2. The normalized spacial score (nSPS) is 10.8. The van der Waals surface area contributed by atoms with Crippen LogP contribution in [-0.4, -0.2) is 10.8 Å². The standard InChI is InChI=1S/C15H9ClFNO/c16-9-5-6-13(17)11(7-9)15(19)12-8-18-14-4-2-1-3-10(12)14/h1-8,18H. The monoisotopic (exact) mass is 273 g/mol. The van der Waals surface area contributed by atoms with Crippen molar-refractivity contribution in [1.29, 1.82) is 0 Å². The summed E-state index contributed by atoms with van der Waals surface area (Å²) in [5.74, 6) is -0.947. The quantitative estimate of drug-likeness (QED) is 0.698. The van der Waals surface area contributed by atoms with Crippen LogP contribution in [0.25, 0.3) is 10.9 Å². The Morgan fingerprint density at radius 1 is 1.11 bits per heavy atom. The first kappa shape index (κ1) is 11.9. The Labute approximate surface area is 113 Å². The van der Waals surface area contributed by atoms with Crippen LogP contribution in [0.5, 0.6) is 0 Å². The Morgan fingerprint density at radius 3 is 2.74 bits per heavy atom. The van der Waals surface area contributed by atoms with Crippen LogP contribution in [0.4, 0.5) is 4.39 Å². The van der Waals surface area contributed by atoms with Crippen molar-refractivity contribution in [3.63, 3.8) is 0 Å². The van der Waals surface area contributed by atoms with Crippen molar-refractivity contribution in [3.8, 4) is 0 Å². The van der Waals surface area contributed by atoms with E-state index in [9.17, 15) is 9.18 Å². The number of fused-ring (bicyclic) bond motifs is 1. The molecule has 0 aliphatic rings. The van der Waals surface area contributed by atoms with Gasteiger partial charge in [0, 0.05) is 27.7 Å². The van der Waals surface area contributed by atoms with Gasteiger partial charge in [0.25, 0.3) is 0 Å². The maximum Gasteiger partial charge on any atom is 0.198 e. The van der Waals surface area contributed by atoms with Gasteiger partial charge in [0.15, 0.2) is 5.78 Å². The molecule has 0 amide bonds. The number of benzene rings is 2. The summed E-state index contributed by atoms with van der Waals surface area (Å²) in [5.41, 5.74) is 1.27. The lowest BCUT2D eigenvalue weighted by Gasteiger charge is -2.02. The third-order valence-corrected chi connectivity index (χ3v) is 3.24. The molecule has 0 unspecified atom stereocenters. The third kappa shape index (κ3) is 2.02. The van der Waals surface area contributed by atoms with Crippen molar-refractivity contribution >= 4 is 28.3 Å². The second-order valence-corrected chi connectivity index (χ2v) is 4.64. The molecule has 3 rings (SSSR count). The molecule has 4 heteroatoms. The molecule has 1 N–H and O–H groups in total. The van der Waals surface area contributed by atoms with Gasteiger partial charge >= 0.3 is 0 Å². The van der Waals surface area contributed by atoms with Gasteiger partial charge in [0.2, 0.25) is 0 Å². The van der Waals surface area contributed by atoms with E-state index < -0.39 is 5.82 Å². The summed E-state index contributed by atoms with van der Waals surface area (Å²) in [7, 11) is 0. The molecule has 0 bridgehead atoms. The van der Waals surface area contributed by atoms with E-state index in [0.29, 0.717) is 10.6 Å². The molecule has 1 heterocycles. The summed E-state index contributed by atoms with van der Waals surface area (Å²) >= 11 is 5.81. The van der Waals surface area contributed by atoms with E-state index >= 15 is 0 Å².